The number of allylic oxidation sites excluding steroid dienone is 2. The third-order valence-electron chi connectivity index (χ3n) is 2.09. The van der Waals surface area contributed by atoms with Crippen LogP contribution in [-0.2, 0) is 0 Å². The molecule has 0 saturated heterocycles. The first-order valence-corrected chi connectivity index (χ1v) is 4.89. The van der Waals surface area contributed by atoms with Crippen LogP contribution in [0, 0.1) is 0 Å². The van der Waals surface area contributed by atoms with Crippen LogP contribution in [0.5, 0.6) is 11.5 Å². The number of halogens is 3. The van der Waals surface area contributed by atoms with Gasteiger partial charge in [-0.25, -0.2) is 0 Å². The molecule has 0 fully saturated rings. The van der Waals surface area contributed by atoms with Gasteiger partial charge in [0, 0.05) is 11.6 Å². The Hall–Kier alpha value is -1.98. The second-order valence-corrected chi connectivity index (χ2v) is 3.31. The van der Waals surface area contributed by atoms with E-state index in [1.165, 1.54) is 32.4 Å². The standard InChI is InChI=1S/C12H11F3O3/c1-17-10-4-3-8(7-11(10)18-2)9(16)5-6-12(13,14)15/h3-7H,1-2H3/b6-5+. The Kier molecular flexibility index (Phi) is 4.36. The maximum atomic E-state index is 11.9. The summed E-state index contributed by atoms with van der Waals surface area (Å²) in [6.07, 6.45) is -4.14. The highest BCUT2D eigenvalue weighted by Gasteiger charge is 2.22. The lowest BCUT2D eigenvalue weighted by Crippen LogP contribution is -2.04. The Morgan fingerprint density at radius 1 is 1.17 bits per heavy atom. The molecule has 6 heteroatoms. The highest BCUT2D eigenvalue weighted by molar-refractivity contribution is 6.04. The van der Waals surface area contributed by atoms with Crippen molar-refractivity contribution in [3.05, 3.63) is 35.9 Å². The topological polar surface area (TPSA) is 35.5 Å². The molecule has 0 heterocycles. The van der Waals surface area contributed by atoms with Crippen LogP contribution in [-0.4, -0.2) is 26.2 Å². The van der Waals surface area contributed by atoms with Crippen molar-refractivity contribution < 1.29 is 27.4 Å². The minimum Gasteiger partial charge on any atom is -0.493 e. The molecule has 18 heavy (non-hydrogen) atoms. The van der Waals surface area contributed by atoms with E-state index < -0.39 is 12.0 Å². The first-order chi connectivity index (χ1) is 8.37. The first kappa shape index (κ1) is 14.1. The van der Waals surface area contributed by atoms with Gasteiger partial charge in [0.05, 0.1) is 14.2 Å². The van der Waals surface area contributed by atoms with Crippen molar-refractivity contribution in [2.45, 2.75) is 6.18 Å². The average Bonchev–Trinajstić information content (AvgIpc) is 2.34. The summed E-state index contributed by atoms with van der Waals surface area (Å²) in [5.41, 5.74) is 0.0909. The van der Waals surface area contributed by atoms with Crippen molar-refractivity contribution in [2.24, 2.45) is 0 Å². The smallest absolute Gasteiger partial charge is 0.409 e. The van der Waals surface area contributed by atoms with Gasteiger partial charge in [-0.3, -0.25) is 4.79 Å². The third kappa shape index (κ3) is 3.80. The zero-order valence-electron chi connectivity index (χ0n) is 9.75. The molecule has 0 amide bonds. The molecular formula is C12H11F3O3. The van der Waals surface area contributed by atoms with Crippen LogP contribution >= 0.6 is 0 Å². The lowest BCUT2D eigenvalue weighted by Gasteiger charge is -2.08. The highest BCUT2D eigenvalue weighted by Crippen LogP contribution is 2.28. The van der Waals surface area contributed by atoms with E-state index >= 15 is 0 Å². The summed E-state index contributed by atoms with van der Waals surface area (Å²) in [4.78, 5) is 11.5. The zero-order valence-corrected chi connectivity index (χ0v) is 9.75. The van der Waals surface area contributed by atoms with Gasteiger partial charge in [0.2, 0.25) is 0 Å². The zero-order chi connectivity index (χ0) is 13.8. The fourth-order valence-corrected chi connectivity index (χ4v) is 1.26. The molecule has 0 aliphatic heterocycles. The molecule has 0 N–H and O–H groups in total. The minimum atomic E-state index is -4.51. The van der Waals surface area contributed by atoms with Gasteiger partial charge in [0.25, 0.3) is 0 Å². The molecule has 0 aliphatic rings. The lowest BCUT2D eigenvalue weighted by molar-refractivity contribution is -0.0799. The van der Waals surface area contributed by atoms with Crippen LogP contribution in [0.15, 0.2) is 30.4 Å². The number of carbonyl (C=O) groups excluding carboxylic acids is 1. The van der Waals surface area contributed by atoms with Crippen LogP contribution < -0.4 is 9.47 Å². The Labute approximate surface area is 102 Å². The average molecular weight is 260 g/mol. The lowest BCUT2D eigenvalue weighted by atomic mass is 10.1. The van der Waals surface area contributed by atoms with Crippen LogP contribution in [0.1, 0.15) is 10.4 Å². The molecule has 0 unspecified atom stereocenters. The summed E-state index contributed by atoms with van der Waals surface area (Å²) < 4.78 is 45.6. The summed E-state index contributed by atoms with van der Waals surface area (Å²) in [5, 5.41) is 0. The maximum Gasteiger partial charge on any atom is 0.409 e. The monoisotopic (exact) mass is 260 g/mol. The summed E-state index contributed by atoms with van der Waals surface area (Å²) in [5.74, 6) is -0.0779. The number of carbonyl (C=O) groups is 1. The predicted octanol–water partition coefficient (Wildman–Crippen LogP) is 3.01. The molecule has 0 aliphatic carbocycles. The van der Waals surface area contributed by atoms with Crippen molar-refractivity contribution >= 4 is 5.78 Å². The van der Waals surface area contributed by atoms with Crippen molar-refractivity contribution in [1.82, 2.24) is 0 Å². The fourth-order valence-electron chi connectivity index (χ4n) is 1.26. The number of ketones is 1. The van der Waals surface area contributed by atoms with Crippen LogP contribution in [0.2, 0.25) is 0 Å². The van der Waals surface area contributed by atoms with Gasteiger partial charge in [-0.15, -0.1) is 0 Å². The van der Waals surface area contributed by atoms with E-state index in [-0.39, 0.29) is 17.4 Å². The maximum absolute atomic E-state index is 11.9. The SMILES string of the molecule is COc1ccc(C(=O)/C=C/C(F)(F)F)cc1OC. The molecular weight excluding hydrogens is 249 g/mol. The highest BCUT2D eigenvalue weighted by atomic mass is 19.4. The van der Waals surface area contributed by atoms with Gasteiger partial charge in [-0.1, -0.05) is 0 Å². The second-order valence-electron chi connectivity index (χ2n) is 3.31. The van der Waals surface area contributed by atoms with Crippen molar-refractivity contribution in [2.75, 3.05) is 14.2 Å². The molecule has 0 saturated carbocycles. The Balaban J connectivity index is 2.97. The molecule has 0 atom stereocenters. The Bertz CT molecular complexity index is 464. The first-order valence-electron chi connectivity index (χ1n) is 4.89. The van der Waals surface area contributed by atoms with Gasteiger partial charge in [-0.2, -0.15) is 13.2 Å². The number of rotatable bonds is 4. The number of benzene rings is 1. The number of hydrogen-bond acceptors (Lipinski definition) is 3. The van der Waals surface area contributed by atoms with Gasteiger partial charge < -0.3 is 9.47 Å². The van der Waals surface area contributed by atoms with E-state index in [1.807, 2.05) is 0 Å². The molecule has 1 rings (SSSR count). The fraction of sp³-hybridized carbons (Fsp3) is 0.250. The molecule has 3 nitrogen and oxygen atoms in total. The van der Waals surface area contributed by atoms with Crippen LogP contribution in [0.3, 0.4) is 0 Å². The number of ether oxygens (including phenoxy) is 2. The molecule has 1 aromatic carbocycles. The number of alkyl halides is 3. The third-order valence-corrected chi connectivity index (χ3v) is 2.09. The molecule has 0 aromatic heterocycles. The predicted molar refractivity (Wildman–Crippen MR) is 59.1 cm³/mol. The largest absolute Gasteiger partial charge is 0.493 e. The van der Waals surface area contributed by atoms with Gasteiger partial charge in [0.15, 0.2) is 17.3 Å². The minimum absolute atomic E-state index is 0.0909. The van der Waals surface area contributed by atoms with E-state index in [4.69, 9.17) is 9.47 Å². The van der Waals surface area contributed by atoms with E-state index in [1.54, 1.807) is 0 Å². The Morgan fingerprint density at radius 3 is 2.28 bits per heavy atom. The second kappa shape index (κ2) is 5.57. The molecule has 0 radical (unpaired) electrons. The molecule has 0 spiro atoms. The summed E-state index contributed by atoms with van der Waals surface area (Å²) in [7, 11) is 2.79. The van der Waals surface area contributed by atoms with E-state index in [0.717, 1.165) is 0 Å². The number of hydrogen-bond donors (Lipinski definition) is 0. The van der Waals surface area contributed by atoms with Gasteiger partial charge in [0.1, 0.15) is 0 Å². The summed E-state index contributed by atoms with van der Waals surface area (Å²) in [6.45, 7) is 0. The normalized spacial score (nSPS) is 11.6. The molecule has 0 bridgehead atoms. The quantitative estimate of drug-likeness (QED) is 0.616. The number of methoxy groups -OCH3 is 2. The van der Waals surface area contributed by atoms with Crippen molar-refractivity contribution in [3.8, 4) is 11.5 Å². The van der Waals surface area contributed by atoms with Crippen LogP contribution in [0.4, 0.5) is 13.2 Å². The Morgan fingerprint density at radius 2 is 1.78 bits per heavy atom. The van der Waals surface area contributed by atoms with E-state index in [2.05, 4.69) is 0 Å². The van der Waals surface area contributed by atoms with E-state index in [0.29, 0.717) is 11.8 Å². The van der Waals surface area contributed by atoms with Gasteiger partial charge in [-0.05, 0) is 24.3 Å². The van der Waals surface area contributed by atoms with Crippen molar-refractivity contribution in [3.63, 3.8) is 0 Å². The molecule has 98 valence electrons. The summed E-state index contributed by atoms with van der Waals surface area (Å²) >= 11 is 0. The summed E-state index contributed by atoms with van der Waals surface area (Å²) in [6, 6.07) is 4.14. The molecule has 1 aromatic rings. The van der Waals surface area contributed by atoms with Crippen LogP contribution in [0.25, 0.3) is 0 Å². The van der Waals surface area contributed by atoms with Gasteiger partial charge >= 0.3 is 6.18 Å². The van der Waals surface area contributed by atoms with E-state index in [9.17, 15) is 18.0 Å². The van der Waals surface area contributed by atoms with Crippen molar-refractivity contribution in [1.29, 1.82) is 0 Å².